The van der Waals surface area contributed by atoms with Crippen LogP contribution in [0.5, 0.6) is 0 Å². The van der Waals surface area contributed by atoms with Gasteiger partial charge in [0.15, 0.2) is 5.78 Å². The number of hydrogen-bond donors (Lipinski definition) is 2. The first-order valence-electron chi connectivity index (χ1n) is 20.4. The number of ketones is 1. The number of fused-ring (bicyclic) bond motifs is 7. The summed E-state index contributed by atoms with van der Waals surface area (Å²) in [5.74, 6) is 0.186. The summed E-state index contributed by atoms with van der Waals surface area (Å²) in [7, 11) is 0. The lowest BCUT2D eigenvalue weighted by molar-refractivity contribution is -0.271. The molecule has 288 valence electrons. The van der Waals surface area contributed by atoms with E-state index in [1.807, 2.05) is 12.4 Å². The first-order valence-corrected chi connectivity index (χ1v) is 20.4. The SMILES string of the molecule is CC(C)C1=C2[C@H]3CC[C@@H]4[C@@]5(C)CC[C@H](OC(=O)CC(C)(C)C(=O)O)C(C)(C)[C@]5(C)CC[C@@]4(C)[C@]3(C)CC[C@@]2(CCN[C@@H](C)c2ccncc2)CC1=O. The second-order valence-electron chi connectivity index (χ2n) is 20.4. The van der Waals surface area contributed by atoms with Crippen molar-refractivity contribution in [3.05, 3.63) is 41.2 Å². The molecule has 7 heteroatoms. The fraction of sp³-hybridized carbons (Fsp3) is 0.778. The highest BCUT2D eigenvalue weighted by Crippen LogP contribution is 2.79. The van der Waals surface area contributed by atoms with Crippen LogP contribution in [0.15, 0.2) is 35.7 Å². The number of aromatic nitrogens is 1. The van der Waals surface area contributed by atoms with Crippen molar-refractivity contribution in [2.24, 2.45) is 55.7 Å². The lowest BCUT2D eigenvalue weighted by Crippen LogP contribution is -2.69. The summed E-state index contributed by atoms with van der Waals surface area (Å²) in [5.41, 5.74) is 2.68. The van der Waals surface area contributed by atoms with Crippen molar-refractivity contribution in [3.63, 3.8) is 0 Å². The van der Waals surface area contributed by atoms with Gasteiger partial charge in [0.25, 0.3) is 0 Å². The van der Waals surface area contributed by atoms with Gasteiger partial charge in [0.05, 0.1) is 11.8 Å². The van der Waals surface area contributed by atoms with Gasteiger partial charge >= 0.3 is 11.9 Å². The van der Waals surface area contributed by atoms with E-state index in [0.717, 1.165) is 69.9 Å². The van der Waals surface area contributed by atoms with Crippen molar-refractivity contribution < 1.29 is 24.2 Å². The average molecular weight is 717 g/mol. The minimum Gasteiger partial charge on any atom is -0.481 e. The monoisotopic (exact) mass is 717 g/mol. The third-order valence-electron chi connectivity index (χ3n) is 17.3. The molecule has 0 saturated heterocycles. The standard InChI is InChI=1S/C45H68N2O5/c1-28(2)36-32(48)26-45(22-25-47-29(3)30-15-23-46-24-16-30)21-19-41(8)31(37(36)45)12-13-33-42(41,9)18-20-44(11)40(6,7)34(14-17-43(33,44)10)52-35(49)27-39(4,5)38(50)51/h15-16,23-24,28-29,31,33-34,47H,12-14,17-22,25-27H2,1-11H3,(H,50,51)/t29-,31+,33-,34-,41+,42+,43+,44-,45+/m0/s1. The van der Waals surface area contributed by atoms with Gasteiger partial charge in [0, 0.05) is 35.7 Å². The van der Waals surface area contributed by atoms with E-state index in [1.165, 1.54) is 11.1 Å². The predicted molar refractivity (Wildman–Crippen MR) is 205 cm³/mol. The molecule has 0 bridgehead atoms. The van der Waals surface area contributed by atoms with E-state index < -0.39 is 17.4 Å². The highest BCUT2D eigenvalue weighted by atomic mass is 16.5. The molecule has 1 aromatic heterocycles. The van der Waals surface area contributed by atoms with Gasteiger partial charge in [-0.2, -0.15) is 0 Å². The molecular weight excluding hydrogens is 649 g/mol. The van der Waals surface area contributed by atoms with Gasteiger partial charge in [0.1, 0.15) is 6.10 Å². The molecule has 5 aliphatic carbocycles. The number of hydrogen-bond acceptors (Lipinski definition) is 6. The molecule has 52 heavy (non-hydrogen) atoms. The number of carbonyl (C=O) groups is 3. The predicted octanol–water partition coefficient (Wildman–Crippen LogP) is 9.91. The van der Waals surface area contributed by atoms with Crippen LogP contribution in [-0.4, -0.2) is 40.5 Å². The van der Waals surface area contributed by atoms with Crippen LogP contribution in [0.3, 0.4) is 0 Å². The Bertz CT molecular complexity index is 1610. The van der Waals surface area contributed by atoms with E-state index in [9.17, 15) is 19.5 Å². The van der Waals surface area contributed by atoms with Crippen molar-refractivity contribution in [2.45, 2.75) is 159 Å². The molecule has 5 aliphatic rings. The summed E-state index contributed by atoms with van der Waals surface area (Å²) >= 11 is 0. The molecular formula is C45H68N2O5. The first kappa shape index (κ1) is 39.2. The second-order valence-corrected chi connectivity index (χ2v) is 20.4. The number of carboxylic acid groups (broad SMARTS) is 1. The second kappa shape index (κ2) is 13.0. The highest BCUT2D eigenvalue weighted by molar-refractivity contribution is 6.00. The van der Waals surface area contributed by atoms with Gasteiger partial charge in [0.2, 0.25) is 0 Å². The number of carboxylic acids is 1. The molecule has 1 aromatic rings. The Morgan fingerprint density at radius 2 is 1.58 bits per heavy atom. The van der Waals surface area contributed by atoms with Crippen LogP contribution in [0, 0.1) is 55.7 Å². The van der Waals surface area contributed by atoms with E-state index >= 15 is 0 Å². The maximum atomic E-state index is 14.1. The molecule has 0 aliphatic heterocycles. The number of esters is 1. The van der Waals surface area contributed by atoms with Crippen LogP contribution < -0.4 is 5.32 Å². The van der Waals surface area contributed by atoms with Crippen LogP contribution in [0.2, 0.25) is 0 Å². The van der Waals surface area contributed by atoms with Gasteiger partial charge in [-0.05, 0) is 148 Å². The first-order chi connectivity index (χ1) is 24.1. The zero-order chi connectivity index (χ0) is 38.3. The van der Waals surface area contributed by atoms with Gasteiger partial charge in [-0.3, -0.25) is 19.4 Å². The van der Waals surface area contributed by atoms with Crippen LogP contribution in [0.1, 0.15) is 158 Å². The maximum Gasteiger partial charge on any atom is 0.309 e. The van der Waals surface area contributed by atoms with Crippen molar-refractivity contribution in [3.8, 4) is 0 Å². The zero-order valence-electron chi connectivity index (χ0n) is 34.2. The Hall–Kier alpha value is -2.54. The van der Waals surface area contributed by atoms with Crippen LogP contribution >= 0.6 is 0 Å². The number of pyridine rings is 1. The number of aliphatic carboxylic acids is 1. The summed E-state index contributed by atoms with van der Waals surface area (Å²) in [6.45, 7) is 25.7. The van der Waals surface area contributed by atoms with Crippen LogP contribution in [0.4, 0.5) is 0 Å². The topological polar surface area (TPSA) is 106 Å². The summed E-state index contributed by atoms with van der Waals surface area (Å²) < 4.78 is 6.25. The molecule has 2 N–H and O–H groups in total. The van der Waals surface area contributed by atoms with Crippen molar-refractivity contribution in [2.75, 3.05) is 6.54 Å². The third kappa shape index (κ3) is 5.67. The lowest BCUT2D eigenvalue weighted by Gasteiger charge is -2.75. The molecule has 4 saturated carbocycles. The minimum atomic E-state index is -1.16. The summed E-state index contributed by atoms with van der Waals surface area (Å²) in [6.07, 6.45) is 13.5. The van der Waals surface area contributed by atoms with E-state index in [4.69, 9.17) is 4.74 Å². The molecule has 0 spiro atoms. The molecule has 0 unspecified atom stereocenters. The lowest BCUT2D eigenvalue weighted by atomic mass is 9.29. The quantitative estimate of drug-likeness (QED) is 0.232. The molecule has 0 radical (unpaired) electrons. The average Bonchev–Trinajstić information content (AvgIpc) is 3.37. The number of nitrogens with zero attached hydrogens (tertiary/aromatic N) is 1. The number of nitrogens with one attached hydrogen (secondary N) is 1. The summed E-state index contributed by atoms with van der Waals surface area (Å²) in [4.78, 5) is 43.2. The van der Waals surface area contributed by atoms with Gasteiger partial charge in [-0.25, -0.2) is 0 Å². The van der Waals surface area contributed by atoms with E-state index in [2.05, 4.69) is 84.7 Å². The normalized spacial score (nSPS) is 38.9. The molecule has 1 heterocycles. The van der Waals surface area contributed by atoms with Gasteiger partial charge in [-0.15, -0.1) is 0 Å². The summed E-state index contributed by atoms with van der Waals surface area (Å²) in [5, 5.41) is 13.5. The molecule has 9 atom stereocenters. The van der Waals surface area contributed by atoms with Crippen LogP contribution in [-0.2, 0) is 19.1 Å². The highest BCUT2D eigenvalue weighted by Gasteiger charge is 2.73. The number of ether oxygens (including phenoxy) is 1. The number of Topliss-reactive ketones (excluding diaryl/α,β-unsaturated/α-hetero) is 1. The number of carbonyl (C=O) groups excluding carboxylic acids is 2. The zero-order valence-corrected chi connectivity index (χ0v) is 34.2. The van der Waals surface area contributed by atoms with E-state index in [1.54, 1.807) is 13.8 Å². The Labute approximate surface area is 313 Å². The minimum absolute atomic E-state index is 0.0543. The van der Waals surface area contributed by atoms with Crippen molar-refractivity contribution in [1.82, 2.24) is 10.3 Å². The Morgan fingerprint density at radius 1 is 0.923 bits per heavy atom. The Balaban J connectivity index is 1.27. The third-order valence-corrected chi connectivity index (χ3v) is 17.3. The Morgan fingerprint density at radius 3 is 2.21 bits per heavy atom. The van der Waals surface area contributed by atoms with Crippen molar-refractivity contribution >= 4 is 17.7 Å². The molecule has 6 rings (SSSR count). The fourth-order valence-corrected chi connectivity index (χ4v) is 13.3. The maximum absolute atomic E-state index is 14.1. The Kier molecular flexibility index (Phi) is 9.83. The van der Waals surface area contributed by atoms with E-state index in [0.29, 0.717) is 24.0 Å². The number of allylic oxidation sites excluding steroid dienone is 2. The van der Waals surface area contributed by atoms with Gasteiger partial charge in [-0.1, -0.05) is 61.0 Å². The molecule has 0 amide bonds. The summed E-state index contributed by atoms with van der Waals surface area (Å²) in [6, 6.07) is 4.40. The van der Waals surface area contributed by atoms with Crippen molar-refractivity contribution in [1.29, 1.82) is 0 Å². The van der Waals surface area contributed by atoms with Gasteiger partial charge < -0.3 is 15.2 Å². The van der Waals surface area contributed by atoms with E-state index in [-0.39, 0.29) is 57.0 Å². The molecule has 4 fully saturated rings. The van der Waals surface area contributed by atoms with Crippen LogP contribution in [0.25, 0.3) is 0 Å². The molecule has 7 nitrogen and oxygen atoms in total. The largest absolute Gasteiger partial charge is 0.481 e. The number of rotatable bonds is 10. The molecule has 0 aromatic carbocycles. The fourth-order valence-electron chi connectivity index (χ4n) is 13.3. The smallest absolute Gasteiger partial charge is 0.309 e.